The van der Waals surface area contributed by atoms with Crippen molar-refractivity contribution in [3.8, 4) is 0 Å². The predicted molar refractivity (Wildman–Crippen MR) is 205 cm³/mol. The first-order chi connectivity index (χ1) is 25.3. The molecule has 0 saturated carbocycles. The smallest absolute Gasteiger partial charge is 0.306 e. The van der Waals surface area contributed by atoms with Crippen LogP contribution in [0.15, 0.2) is 48.6 Å². The van der Waals surface area contributed by atoms with Crippen molar-refractivity contribution in [3.05, 3.63) is 48.6 Å². The first kappa shape index (κ1) is 47.7. The third kappa shape index (κ3) is 24.8. The Hall–Kier alpha value is -2.34. The molecule has 10 heteroatoms. The van der Waals surface area contributed by atoms with Crippen molar-refractivity contribution in [3.63, 3.8) is 0 Å². The molecule has 4 N–H and O–H groups in total. The summed E-state index contributed by atoms with van der Waals surface area (Å²) in [6.07, 6.45) is 30.1. The molecule has 1 aliphatic rings. The van der Waals surface area contributed by atoms with Gasteiger partial charge in [0, 0.05) is 12.8 Å². The van der Waals surface area contributed by atoms with Gasteiger partial charge in [0.1, 0.15) is 31.0 Å². The van der Waals surface area contributed by atoms with Gasteiger partial charge in [-0.05, 0) is 51.4 Å². The lowest BCUT2D eigenvalue weighted by atomic mass is 9.99. The van der Waals surface area contributed by atoms with E-state index in [4.69, 9.17) is 18.9 Å². The second-order valence-electron chi connectivity index (χ2n) is 13.7. The van der Waals surface area contributed by atoms with E-state index < -0.39 is 49.4 Å². The van der Waals surface area contributed by atoms with Crippen LogP contribution in [0.5, 0.6) is 0 Å². The molecule has 1 aliphatic heterocycles. The molecule has 0 bridgehead atoms. The minimum Gasteiger partial charge on any atom is -0.462 e. The Kier molecular flexibility index (Phi) is 30.5. The van der Waals surface area contributed by atoms with Crippen LogP contribution in [0.4, 0.5) is 0 Å². The maximum atomic E-state index is 12.7. The minimum atomic E-state index is -1.59. The molecule has 6 unspecified atom stereocenters. The van der Waals surface area contributed by atoms with Gasteiger partial charge in [-0.2, -0.15) is 0 Å². The van der Waals surface area contributed by atoms with Crippen molar-refractivity contribution in [2.45, 2.75) is 185 Å². The predicted octanol–water partition coefficient (Wildman–Crippen LogP) is 7.71. The van der Waals surface area contributed by atoms with E-state index >= 15 is 0 Å². The number of rotatable bonds is 32. The van der Waals surface area contributed by atoms with Gasteiger partial charge in [0.05, 0.1) is 13.2 Å². The zero-order valence-electron chi connectivity index (χ0n) is 32.3. The Labute approximate surface area is 314 Å². The first-order valence-electron chi connectivity index (χ1n) is 20.2. The molecule has 1 fully saturated rings. The number of unbranched alkanes of at least 4 members (excludes halogenated alkanes) is 13. The minimum absolute atomic E-state index is 0.219. The molecular weight excluding hydrogens is 664 g/mol. The van der Waals surface area contributed by atoms with Crippen LogP contribution in [0.1, 0.15) is 149 Å². The third-order valence-corrected chi connectivity index (χ3v) is 8.98. The standard InChI is InChI=1S/C42H72O10/c1-3-5-7-9-11-12-13-14-15-16-17-18-19-20-21-22-23-24-25-27-29-31-38(45)51-35(33-49-37(44)30-28-26-10-8-6-4-2)34-50-42-41(48)40(47)39(46)36(32-43)52-42/h5,7,11-12,14-15,17-18,35-36,39-43,46-48H,3-4,6,8-10,13,16,19-34H2,1-2H3/b7-5-,12-11-,15-14-,18-17-. The zero-order valence-corrected chi connectivity index (χ0v) is 32.3. The van der Waals surface area contributed by atoms with E-state index in [0.717, 1.165) is 83.5 Å². The number of aliphatic hydroxyl groups is 4. The van der Waals surface area contributed by atoms with Gasteiger partial charge >= 0.3 is 11.9 Å². The fourth-order valence-corrected chi connectivity index (χ4v) is 5.77. The number of ether oxygens (including phenoxy) is 4. The van der Waals surface area contributed by atoms with Gasteiger partial charge in [0.15, 0.2) is 12.4 Å². The Morgan fingerprint density at radius 3 is 1.71 bits per heavy atom. The van der Waals surface area contributed by atoms with E-state index in [0.29, 0.717) is 6.42 Å². The fraction of sp³-hybridized carbons (Fsp3) is 0.762. The highest BCUT2D eigenvalue weighted by Gasteiger charge is 2.44. The van der Waals surface area contributed by atoms with Gasteiger partial charge in [-0.1, -0.05) is 133 Å². The molecule has 10 nitrogen and oxygen atoms in total. The van der Waals surface area contributed by atoms with Crippen molar-refractivity contribution in [1.82, 2.24) is 0 Å². The molecule has 0 aliphatic carbocycles. The van der Waals surface area contributed by atoms with Crippen LogP contribution in [-0.4, -0.2) is 89.0 Å². The number of carbonyl (C=O) groups excluding carboxylic acids is 2. The molecule has 300 valence electrons. The SMILES string of the molecule is CC/C=C\C/C=C\C/C=C\C/C=C\CCCCCCCCCCC(=O)OC(COC(=O)CCCCCCCC)COC1OC(CO)C(O)C(O)C1O. The van der Waals surface area contributed by atoms with Gasteiger partial charge in [-0.3, -0.25) is 9.59 Å². The molecule has 6 atom stereocenters. The highest BCUT2D eigenvalue weighted by Crippen LogP contribution is 2.22. The first-order valence-corrected chi connectivity index (χ1v) is 20.2. The lowest BCUT2D eigenvalue weighted by molar-refractivity contribution is -0.305. The number of hydrogen-bond donors (Lipinski definition) is 4. The van der Waals surface area contributed by atoms with Gasteiger partial charge < -0.3 is 39.4 Å². The number of hydrogen-bond acceptors (Lipinski definition) is 10. The highest BCUT2D eigenvalue weighted by molar-refractivity contribution is 5.70. The summed E-state index contributed by atoms with van der Waals surface area (Å²) >= 11 is 0. The summed E-state index contributed by atoms with van der Waals surface area (Å²) in [4.78, 5) is 25.0. The summed E-state index contributed by atoms with van der Waals surface area (Å²) < 4.78 is 22.0. The number of allylic oxidation sites excluding steroid dienone is 8. The van der Waals surface area contributed by atoms with Gasteiger partial charge in [-0.25, -0.2) is 0 Å². The number of carbonyl (C=O) groups is 2. The molecule has 0 amide bonds. The molecule has 0 radical (unpaired) electrons. The van der Waals surface area contributed by atoms with Crippen molar-refractivity contribution < 1.29 is 49.0 Å². The van der Waals surface area contributed by atoms with Crippen molar-refractivity contribution in [1.29, 1.82) is 0 Å². The van der Waals surface area contributed by atoms with Gasteiger partial charge in [0.2, 0.25) is 0 Å². The van der Waals surface area contributed by atoms with Crippen LogP contribution < -0.4 is 0 Å². The van der Waals surface area contributed by atoms with Crippen molar-refractivity contribution in [2.24, 2.45) is 0 Å². The fourth-order valence-electron chi connectivity index (χ4n) is 5.77. The van der Waals surface area contributed by atoms with E-state index in [1.807, 2.05) is 0 Å². The quantitative estimate of drug-likeness (QED) is 0.0307. The Balaban J connectivity index is 2.29. The summed E-state index contributed by atoms with van der Waals surface area (Å²) in [7, 11) is 0. The van der Waals surface area contributed by atoms with E-state index in [-0.39, 0.29) is 32.0 Å². The average Bonchev–Trinajstić information content (AvgIpc) is 3.14. The number of aliphatic hydroxyl groups excluding tert-OH is 4. The summed E-state index contributed by atoms with van der Waals surface area (Å²) in [5.41, 5.74) is 0. The summed E-state index contributed by atoms with van der Waals surface area (Å²) in [6.45, 7) is 3.21. The van der Waals surface area contributed by atoms with Crippen LogP contribution in [0, 0.1) is 0 Å². The Morgan fingerprint density at radius 1 is 0.615 bits per heavy atom. The largest absolute Gasteiger partial charge is 0.462 e. The summed E-state index contributed by atoms with van der Waals surface area (Å²) in [5.74, 6) is -0.829. The lowest BCUT2D eigenvalue weighted by Gasteiger charge is -2.39. The zero-order chi connectivity index (χ0) is 38.1. The summed E-state index contributed by atoms with van der Waals surface area (Å²) in [6, 6.07) is 0. The summed E-state index contributed by atoms with van der Waals surface area (Å²) in [5, 5.41) is 39.8. The average molecular weight is 737 g/mol. The van der Waals surface area contributed by atoms with Crippen LogP contribution in [-0.2, 0) is 28.5 Å². The Bertz CT molecular complexity index is 991. The maximum absolute atomic E-state index is 12.7. The van der Waals surface area contributed by atoms with Crippen LogP contribution in [0.2, 0.25) is 0 Å². The molecule has 1 saturated heterocycles. The maximum Gasteiger partial charge on any atom is 0.306 e. The highest BCUT2D eigenvalue weighted by atomic mass is 16.7. The second kappa shape index (κ2) is 33.2. The van der Waals surface area contributed by atoms with Crippen molar-refractivity contribution >= 4 is 11.9 Å². The van der Waals surface area contributed by atoms with Crippen LogP contribution in [0.25, 0.3) is 0 Å². The third-order valence-electron chi connectivity index (χ3n) is 8.98. The van der Waals surface area contributed by atoms with E-state index in [9.17, 15) is 30.0 Å². The monoisotopic (exact) mass is 737 g/mol. The number of esters is 2. The molecule has 0 spiro atoms. The van der Waals surface area contributed by atoms with E-state index in [1.54, 1.807) is 0 Å². The molecular formula is C42H72O10. The second-order valence-corrected chi connectivity index (χ2v) is 13.7. The normalized spacial score (nSPS) is 21.5. The van der Waals surface area contributed by atoms with E-state index in [1.165, 1.54) is 32.1 Å². The topological polar surface area (TPSA) is 152 Å². The lowest BCUT2D eigenvalue weighted by Crippen LogP contribution is -2.59. The van der Waals surface area contributed by atoms with E-state index in [2.05, 4.69) is 62.5 Å². The van der Waals surface area contributed by atoms with Crippen LogP contribution in [0.3, 0.4) is 0 Å². The van der Waals surface area contributed by atoms with Crippen LogP contribution >= 0.6 is 0 Å². The van der Waals surface area contributed by atoms with Gasteiger partial charge in [0.25, 0.3) is 0 Å². The van der Waals surface area contributed by atoms with Gasteiger partial charge in [-0.15, -0.1) is 0 Å². The molecule has 0 aromatic heterocycles. The van der Waals surface area contributed by atoms with Crippen molar-refractivity contribution in [2.75, 3.05) is 19.8 Å². The molecule has 1 rings (SSSR count). The molecule has 0 aromatic carbocycles. The molecule has 0 aromatic rings. The Morgan fingerprint density at radius 2 is 1.13 bits per heavy atom. The molecule has 1 heterocycles. The molecule has 52 heavy (non-hydrogen) atoms.